The Kier molecular flexibility index (Phi) is 5.83. The number of para-hydroxylation sites is 1. The van der Waals surface area contributed by atoms with Gasteiger partial charge in [-0.2, -0.15) is 13.2 Å². The normalized spacial score (nSPS) is 14.1. The third kappa shape index (κ3) is 4.80. The van der Waals surface area contributed by atoms with Crippen LogP contribution in [0.4, 0.5) is 18.9 Å². The average molecular weight is 383 g/mol. The molecule has 0 radical (unpaired) electrons. The van der Waals surface area contributed by atoms with Crippen LogP contribution in [0.3, 0.4) is 0 Å². The summed E-state index contributed by atoms with van der Waals surface area (Å²) in [5.74, 6) is -0.166. The van der Waals surface area contributed by atoms with Crippen LogP contribution in [0.15, 0.2) is 78.4 Å². The Hall–Kier alpha value is -3.08. The molecular formula is C23H20F3NO. The zero-order chi connectivity index (χ0) is 20.1. The van der Waals surface area contributed by atoms with Gasteiger partial charge in [0.1, 0.15) is 0 Å². The van der Waals surface area contributed by atoms with Crippen LogP contribution in [0.5, 0.6) is 0 Å². The number of halogens is 3. The minimum atomic E-state index is -4.37. The quantitative estimate of drug-likeness (QED) is 0.658. The van der Waals surface area contributed by atoms with Gasteiger partial charge in [-0.15, -0.1) is 0 Å². The topological polar surface area (TPSA) is 29.1 Å². The van der Waals surface area contributed by atoms with Crippen molar-refractivity contribution >= 4 is 17.2 Å². The van der Waals surface area contributed by atoms with E-state index in [0.717, 1.165) is 34.5 Å². The summed E-state index contributed by atoms with van der Waals surface area (Å²) in [4.78, 5) is 12.6. The molecular weight excluding hydrogens is 363 g/mol. The molecule has 144 valence electrons. The van der Waals surface area contributed by atoms with Crippen LogP contribution in [-0.4, -0.2) is 5.91 Å². The van der Waals surface area contributed by atoms with Gasteiger partial charge in [0, 0.05) is 5.69 Å². The van der Waals surface area contributed by atoms with E-state index in [2.05, 4.69) is 5.32 Å². The van der Waals surface area contributed by atoms with Crippen LogP contribution >= 0.6 is 0 Å². The molecule has 0 saturated heterocycles. The molecule has 0 heterocycles. The molecule has 0 spiro atoms. The Bertz CT molecular complexity index is 951. The monoisotopic (exact) mass is 383 g/mol. The number of aryl methyl sites for hydroxylation is 1. The lowest BCUT2D eigenvalue weighted by atomic mass is 9.94. The van der Waals surface area contributed by atoms with E-state index in [9.17, 15) is 18.0 Å². The summed E-state index contributed by atoms with van der Waals surface area (Å²) in [5, 5.41) is 2.90. The van der Waals surface area contributed by atoms with Gasteiger partial charge in [0.2, 0.25) is 5.91 Å². The minimum Gasteiger partial charge on any atom is -0.326 e. The molecule has 0 aromatic heterocycles. The van der Waals surface area contributed by atoms with E-state index in [1.165, 1.54) is 12.1 Å². The first-order valence-corrected chi connectivity index (χ1v) is 8.93. The number of nitrogens with one attached hydrogen (secondary N) is 1. The van der Waals surface area contributed by atoms with Crippen LogP contribution in [0.2, 0.25) is 0 Å². The van der Waals surface area contributed by atoms with E-state index in [4.69, 9.17) is 0 Å². The molecule has 2 aromatic carbocycles. The largest absolute Gasteiger partial charge is 0.416 e. The van der Waals surface area contributed by atoms with Crippen molar-refractivity contribution in [3.63, 3.8) is 0 Å². The lowest BCUT2D eigenvalue weighted by Crippen LogP contribution is -2.13. The number of benzene rings is 2. The number of allylic oxidation sites excluding steroid dienone is 5. The Morgan fingerprint density at radius 2 is 1.75 bits per heavy atom. The van der Waals surface area contributed by atoms with Crippen molar-refractivity contribution in [2.24, 2.45) is 0 Å². The van der Waals surface area contributed by atoms with Gasteiger partial charge in [0.15, 0.2) is 0 Å². The Labute approximate surface area is 162 Å². The summed E-state index contributed by atoms with van der Waals surface area (Å²) < 4.78 is 38.5. The average Bonchev–Trinajstić information content (AvgIpc) is 2.88. The lowest BCUT2D eigenvalue weighted by Gasteiger charge is -2.14. The predicted octanol–water partition coefficient (Wildman–Crippen LogP) is 6.31. The maximum Gasteiger partial charge on any atom is 0.416 e. The highest BCUT2D eigenvalue weighted by Gasteiger charge is 2.30. The zero-order valence-electron chi connectivity index (χ0n) is 15.4. The molecule has 1 aliphatic rings. The number of hydrogen-bond donors (Lipinski definition) is 1. The van der Waals surface area contributed by atoms with Crippen molar-refractivity contribution in [1.29, 1.82) is 0 Å². The van der Waals surface area contributed by atoms with Gasteiger partial charge in [-0.3, -0.25) is 4.79 Å². The molecule has 1 N–H and O–H groups in total. The van der Waals surface area contributed by atoms with Crippen LogP contribution < -0.4 is 5.32 Å². The van der Waals surface area contributed by atoms with E-state index in [1.54, 1.807) is 0 Å². The summed E-state index contributed by atoms with van der Waals surface area (Å²) in [5.41, 5.74) is 3.35. The summed E-state index contributed by atoms with van der Waals surface area (Å²) in [6.45, 7) is 1.91. The van der Waals surface area contributed by atoms with E-state index in [1.807, 2.05) is 55.5 Å². The highest BCUT2D eigenvalue weighted by molar-refractivity contribution is 5.95. The van der Waals surface area contributed by atoms with Crippen LogP contribution in [0.25, 0.3) is 5.57 Å². The second-order valence-corrected chi connectivity index (χ2v) is 6.61. The first kappa shape index (κ1) is 19.7. The number of alkyl halides is 3. The SMILES string of the molecule is Cc1ccccc1NC(=O)CC1=C(c2ccc(C(F)(F)F)cc2)CC=CC=C1. The van der Waals surface area contributed by atoms with Gasteiger partial charge in [0.25, 0.3) is 0 Å². The standard InChI is InChI=1S/C23H20F3NO/c1-16-7-5-6-10-21(16)27-22(28)15-18-8-3-2-4-9-20(18)17-11-13-19(14-12-17)23(24,25)26/h2-8,10-14H,9,15H2,1H3,(H,27,28). The Morgan fingerprint density at radius 1 is 1.04 bits per heavy atom. The summed E-state index contributed by atoms with van der Waals surface area (Å²) in [7, 11) is 0. The van der Waals surface area contributed by atoms with E-state index >= 15 is 0 Å². The number of carbonyl (C=O) groups is 1. The van der Waals surface area contributed by atoms with Crippen molar-refractivity contribution in [2.45, 2.75) is 25.9 Å². The zero-order valence-corrected chi connectivity index (χ0v) is 15.4. The molecule has 3 rings (SSSR count). The van der Waals surface area contributed by atoms with Crippen molar-refractivity contribution in [3.8, 4) is 0 Å². The predicted molar refractivity (Wildman–Crippen MR) is 106 cm³/mol. The lowest BCUT2D eigenvalue weighted by molar-refractivity contribution is -0.137. The third-order valence-corrected chi connectivity index (χ3v) is 4.59. The van der Waals surface area contributed by atoms with Gasteiger partial charge in [0.05, 0.1) is 12.0 Å². The molecule has 0 atom stereocenters. The molecule has 0 saturated carbocycles. The van der Waals surface area contributed by atoms with Gasteiger partial charge in [-0.25, -0.2) is 0 Å². The highest BCUT2D eigenvalue weighted by Crippen LogP contribution is 2.33. The van der Waals surface area contributed by atoms with E-state index < -0.39 is 11.7 Å². The molecule has 0 bridgehead atoms. The van der Waals surface area contributed by atoms with Crippen LogP contribution in [0.1, 0.15) is 29.5 Å². The molecule has 2 nitrogen and oxygen atoms in total. The fraction of sp³-hybridized carbons (Fsp3) is 0.174. The number of carbonyl (C=O) groups excluding carboxylic acids is 1. The first-order chi connectivity index (χ1) is 13.3. The summed E-state index contributed by atoms with van der Waals surface area (Å²) in [6.07, 6.45) is 3.80. The molecule has 1 aliphatic carbocycles. The fourth-order valence-corrected chi connectivity index (χ4v) is 3.08. The van der Waals surface area contributed by atoms with Gasteiger partial charge >= 0.3 is 6.18 Å². The molecule has 1 amide bonds. The molecule has 5 heteroatoms. The minimum absolute atomic E-state index is 0.142. The smallest absolute Gasteiger partial charge is 0.326 e. The van der Waals surface area contributed by atoms with Crippen molar-refractivity contribution < 1.29 is 18.0 Å². The number of amides is 1. The number of rotatable bonds is 4. The molecule has 0 aliphatic heterocycles. The molecule has 0 unspecified atom stereocenters. The number of anilines is 1. The van der Waals surface area contributed by atoms with Gasteiger partial charge in [-0.05, 0) is 53.8 Å². The van der Waals surface area contributed by atoms with Crippen molar-refractivity contribution in [2.75, 3.05) is 5.32 Å². The third-order valence-electron chi connectivity index (χ3n) is 4.59. The van der Waals surface area contributed by atoms with Crippen LogP contribution in [-0.2, 0) is 11.0 Å². The Morgan fingerprint density at radius 3 is 2.43 bits per heavy atom. The second-order valence-electron chi connectivity index (χ2n) is 6.61. The van der Waals surface area contributed by atoms with Crippen LogP contribution in [0, 0.1) is 6.92 Å². The maximum absolute atomic E-state index is 12.8. The molecule has 2 aromatic rings. The highest BCUT2D eigenvalue weighted by atomic mass is 19.4. The van der Waals surface area contributed by atoms with Crippen molar-refractivity contribution in [3.05, 3.63) is 95.1 Å². The van der Waals surface area contributed by atoms with Crippen molar-refractivity contribution in [1.82, 2.24) is 0 Å². The molecule has 28 heavy (non-hydrogen) atoms. The van der Waals surface area contributed by atoms with Gasteiger partial charge < -0.3 is 5.32 Å². The first-order valence-electron chi connectivity index (χ1n) is 8.93. The second kappa shape index (κ2) is 8.30. The maximum atomic E-state index is 12.8. The number of hydrogen-bond acceptors (Lipinski definition) is 1. The van der Waals surface area contributed by atoms with E-state index in [0.29, 0.717) is 12.0 Å². The summed E-state index contributed by atoms with van der Waals surface area (Å²) in [6, 6.07) is 12.6. The fourth-order valence-electron chi connectivity index (χ4n) is 3.08. The summed E-state index contributed by atoms with van der Waals surface area (Å²) >= 11 is 0. The molecule has 0 fully saturated rings. The Balaban J connectivity index is 1.86. The van der Waals surface area contributed by atoms with E-state index in [-0.39, 0.29) is 12.3 Å². The van der Waals surface area contributed by atoms with Gasteiger partial charge in [-0.1, -0.05) is 54.6 Å².